The first-order valence-corrected chi connectivity index (χ1v) is 3.34. The van der Waals surface area contributed by atoms with Gasteiger partial charge in [-0.1, -0.05) is 11.6 Å². The van der Waals surface area contributed by atoms with Crippen LogP contribution in [0.4, 0.5) is 5.69 Å². The van der Waals surface area contributed by atoms with Crippen LogP contribution in [0.1, 0.15) is 0 Å². The van der Waals surface area contributed by atoms with Crippen molar-refractivity contribution in [2.24, 2.45) is 0 Å². The zero-order valence-electron chi connectivity index (χ0n) is 5.91. The second-order valence-electron chi connectivity index (χ2n) is 1.92. The number of methoxy groups -OCH3 is 1. The Balaban J connectivity index is 3.19. The van der Waals surface area contributed by atoms with Crippen molar-refractivity contribution in [1.82, 2.24) is 0 Å². The van der Waals surface area contributed by atoms with E-state index in [9.17, 15) is 0 Å². The molecule has 0 N–H and O–H groups in total. The monoisotopic (exact) mass is 169 g/mol. The SMILES string of the molecule is COc1cc(Cl)ccc1[N+]#N. The van der Waals surface area contributed by atoms with Gasteiger partial charge in [0, 0.05) is 17.2 Å². The third-order valence-electron chi connectivity index (χ3n) is 1.25. The molecule has 1 aromatic rings. The van der Waals surface area contributed by atoms with Crippen LogP contribution < -0.4 is 4.74 Å². The molecule has 0 amide bonds. The lowest BCUT2D eigenvalue weighted by molar-refractivity contribution is 0.417. The number of ether oxygens (including phenoxy) is 1. The van der Waals surface area contributed by atoms with E-state index in [-0.39, 0.29) is 0 Å². The molecule has 0 fully saturated rings. The van der Waals surface area contributed by atoms with Gasteiger partial charge in [-0.25, -0.2) is 0 Å². The first-order valence-electron chi connectivity index (χ1n) is 2.96. The van der Waals surface area contributed by atoms with Crippen LogP contribution in [0.5, 0.6) is 5.75 Å². The average Bonchev–Trinajstić information content (AvgIpc) is 2.04. The van der Waals surface area contributed by atoms with Crippen LogP contribution in [-0.2, 0) is 0 Å². The topological polar surface area (TPSA) is 37.4 Å². The highest BCUT2D eigenvalue weighted by Gasteiger charge is 2.13. The Morgan fingerprint density at radius 1 is 1.55 bits per heavy atom. The van der Waals surface area contributed by atoms with Crippen LogP contribution in [0.2, 0.25) is 5.02 Å². The molecule has 0 saturated carbocycles. The molecule has 56 valence electrons. The zero-order chi connectivity index (χ0) is 8.27. The zero-order valence-corrected chi connectivity index (χ0v) is 6.67. The lowest BCUT2D eigenvalue weighted by Crippen LogP contribution is -1.81. The summed E-state index contributed by atoms with van der Waals surface area (Å²) in [4.78, 5) is 3.00. The summed E-state index contributed by atoms with van der Waals surface area (Å²) in [6.07, 6.45) is 0. The minimum atomic E-state index is 0.372. The van der Waals surface area contributed by atoms with Crippen molar-refractivity contribution in [2.45, 2.75) is 0 Å². The number of diazo groups is 1. The van der Waals surface area contributed by atoms with E-state index in [4.69, 9.17) is 21.7 Å². The molecule has 1 rings (SSSR count). The van der Waals surface area contributed by atoms with E-state index in [0.717, 1.165) is 0 Å². The summed E-state index contributed by atoms with van der Waals surface area (Å²) in [6.45, 7) is 0. The van der Waals surface area contributed by atoms with E-state index in [1.54, 1.807) is 18.2 Å². The molecule has 0 bridgehead atoms. The Labute approximate surface area is 69.2 Å². The smallest absolute Gasteiger partial charge is 0.426 e. The second kappa shape index (κ2) is 3.22. The molecular formula is C7H6ClN2O+. The molecule has 0 atom stereocenters. The van der Waals surface area contributed by atoms with Crippen LogP contribution in [0.15, 0.2) is 18.2 Å². The molecular weight excluding hydrogens is 164 g/mol. The molecule has 0 spiro atoms. The van der Waals surface area contributed by atoms with Gasteiger partial charge in [0.1, 0.15) is 0 Å². The van der Waals surface area contributed by atoms with Gasteiger partial charge >= 0.3 is 5.69 Å². The third-order valence-corrected chi connectivity index (χ3v) is 1.48. The summed E-state index contributed by atoms with van der Waals surface area (Å²) in [6, 6.07) is 4.77. The molecule has 0 aromatic heterocycles. The number of benzene rings is 1. The fraction of sp³-hybridized carbons (Fsp3) is 0.143. The Kier molecular flexibility index (Phi) is 2.29. The molecule has 0 aliphatic rings. The average molecular weight is 170 g/mol. The van der Waals surface area contributed by atoms with Gasteiger partial charge in [0.2, 0.25) is 11.1 Å². The molecule has 0 saturated heterocycles. The maximum atomic E-state index is 8.44. The van der Waals surface area contributed by atoms with Gasteiger partial charge in [-0.3, -0.25) is 0 Å². The predicted octanol–water partition coefficient (Wildman–Crippen LogP) is 2.83. The first-order chi connectivity index (χ1) is 5.27. The Hall–Kier alpha value is -1.27. The Morgan fingerprint density at radius 3 is 2.82 bits per heavy atom. The Morgan fingerprint density at radius 2 is 2.27 bits per heavy atom. The van der Waals surface area contributed by atoms with Gasteiger partial charge in [-0.2, -0.15) is 0 Å². The van der Waals surface area contributed by atoms with Crippen LogP contribution in [0, 0.1) is 5.39 Å². The highest BCUT2D eigenvalue weighted by Crippen LogP contribution is 2.29. The maximum absolute atomic E-state index is 8.44. The van der Waals surface area contributed by atoms with Gasteiger partial charge < -0.3 is 4.74 Å². The highest BCUT2D eigenvalue weighted by atomic mass is 35.5. The van der Waals surface area contributed by atoms with E-state index in [1.165, 1.54) is 7.11 Å². The molecule has 11 heavy (non-hydrogen) atoms. The van der Waals surface area contributed by atoms with Crippen molar-refractivity contribution in [1.29, 1.82) is 5.39 Å². The number of hydrogen-bond acceptors (Lipinski definition) is 2. The van der Waals surface area contributed by atoms with E-state index in [0.29, 0.717) is 16.5 Å². The van der Waals surface area contributed by atoms with E-state index in [2.05, 4.69) is 4.98 Å². The number of nitrogens with zero attached hydrogens (tertiary/aromatic N) is 2. The van der Waals surface area contributed by atoms with Gasteiger partial charge in [-0.05, 0) is 6.07 Å². The minimum absolute atomic E-state index is 0.372. The van der Waals surface area contributed by atoms with Crippen molar-refractivity contribution in [3.63, 3.8) is 0 Å². The number of halogens is 1. The van der Waals surface area contributed by atoms with E-state index >= 15 is 0 Å². The summed E-state index contributed by atoms with van der Waals surface area (Å²) in [7, 11) is 1.49. The molecule has 0 heterocycles. The summed E-state index contributed by atoms with van der Waals surface area (Å²) in [5, 5.41) is 8.99. The lowest BCUT2D eigenvalue weighted by Gasteiger charge is -1.94. The maximum Gasteiger partial charge on any atom is 0.426 e. The predicted molar refractivity (Wildman–Crippen MR) is 42.7 cm³/mol. The molecule has 0 aliphatic heterocycles. The van der Waals surface area contributed by atoms with Gasteiger partial charge in [0.15, 0.2) is 4.98 Å². The van der Waals surface area contributed by atoms with E-state index < -0.39 is 0 Å². The summed E-state index contributed by atoms with van der Waals surface area (Å²) < 4.78 is 4.88. The second-order valence-corrected chi connectivity index (χ2v) is 2.35. The van der Waals surface area contributed by atoms with Crippen LogP contribution in [-0.4, -0.2) is 7.11 Å². The van der Waals surface area contributed by atoms with Gasteiger partial charge in [0.25, 0.3) is 0 Å². The molecule has 1 aromatic carbocycles. The molecule has 4 heteroatoms. The largest absolute Gasteiger partial charge is 0.489 e. The van der Waals surface area contributed by atoms with Gasteiger partial charge in [-0.15, -0.1) is 0 Å². The van der Waals surface area contributed by atoms with Crippen molar-refractivity contribution in [2.75, 3.05) is 7.11 Å². The van der Waals surface area contributed by atoms with E-state index in [1.807, 2.05) is 0 Å². The van der Waals surface area contributed by atoms with Crippen LogP contribution >= 0.6 is 11.6 Å². The summed E-state index contributed by atoms with van der Waals surface area (Å²) >= 11 is 5.65. The normalized spacial score (nSPS) is 8.82. The molecule has 0 aliphatic carbocycles. The molecule has 0 unspecified atom stereocenters. The fourth-order valence-electron chi connectivity index (χ4n) is 0.734. The number of hydrogen-bond donors (Lipinski definition) is 0. The van der Waals surface area contributed by atoms with Crippen LogP contribution in [0.25, 0.3) is 4.98 Å². The van der Waals surface area contributed by atoms with Crippen molar-refractivity contribution < 1.29 is 4.74 Å². The van der Waals surface area contributed by atoms with Gasteiger partial charge in [0.05, 0.1) is 7.11 Å². The van der Waals surface area contributed by atoms with Crippen LogP contribution in [0.3, 0.4) is 0 Å². The Bertz CT molecular complexity index is 306. The summed E-state index contributed by atoms with van der Waals surface area (Å²) in [5.74, 6) is 0.458. The quantitative estimate of drug-likeness (QED) is 0.607. The summed E-state index contributed by atoms with van der Waals surface area (Å²) in [5.41, 5.74) is 0.372. The van der Waals surface area contributed by atoms with Crippen molar-refractivity contribution in [3.05, 3.63) is 28.2 Å². The highest BCUT2D eigenvalue weighted by molar-refractivity contribution is 6.30. The van der Waals surface area contributed by atoms with Crippen molar-refractivity contribution in [3.8, 4) is 5.75 Å². The first kappa shape index (κ1) is 7.83. The van der Waals surface area contributed by atoms with Crippen molar-refractivity contribution >= 4 is 17.3 Å². The number of rotatable bonds is 1. The standard InChI is InChI=1S/C7H6ClN2O/c1-11-7-4-5(8)2-3-6(7)10-9/h2-4H,1H3/q+1. The molecule has 0 radical (unpaired) electrons. The third kappa shape index (κ3) is 1.60. The minimum Gasteiger partial charge on any atom is -0.489 e. The fourth-order valence-corrected chi connectivity index (χ4v) is 0.896. The molecule has 3 nitrogen and oxygen atoms in total. The lowest BCUT2D eigenvalue weighted by atomic mass is 10.3.